The third-order valence-electron chi connectivity index (χ3n) is 2.58. The lowest BCUT2D eigenvalue weighted by atomic mass is 10.4. The van der Waals surface area contributed by atoms with Gasteiger partial charge in [0.1, 0.15) is 0 Å². The van der Waals surface area contributed by atoms with Crippen LogP contribution >= 0.6 is 15.9 Å². The van der Waals surface area contributed by atoms with Gasteiger partial charge in [0.25, 0.3) is 0 Å². The summed E-state index contributed by atoms with van der Waals surface area (Å²) < 4.78 is 7.40. The van der Waals surface area contributed by atoms with E-state index in [1.807, 2.05) is 18.3 Å². The van der Waals surface area contributed by atoms with E-state index in [0.717, 1.165) is 10.1 Å². The second-order valence-electron chi connectivity index (χ2n) is 4.08. The second kappa shape index (κ2) is 7.20. The molecule has 0 unspecified atom stereocenters. The molecule has 2 heterocycles. The number of rotatable bonds is 7. The van der Waals surface area contributed by atoms with Gasteiger partial charge >= 0.3 is 0 Å². The van der Waals surface area contributed by atoms with Crippen LogP contribution in [-0.4, -0.2) is 47.3 Å². The molecule has 2 N–H and O–H groups in total. The lowest BCUT2D eigenvalue weighted by molar-refractivity contribution is -0.121. The van der Waals surface area contributed by atoms with E-state index in [1.54, 1.807) is 11.6 Å². The number of anilines is 1. The predicted molar refractivity (Wildman–Crippen MR) is 78.7 cm³/mol. The third kappa shape index (κ3) is 3.91. The summed E-state index contributed by atoms with van der Waals surface area (Å²) >= 11 is 3.41. The summed E-state index contributed by atoms with van der Waals surface area (Å²) in [7, 11) is 1.60. The van der Waals surface area contributed by atoms with E-state index in [2.05, 4.69) is 36.6 Å². The molecular weight excluding hydrogens is 326 g/mol. The van der Waals surface area contributed by atoms with Crippen LogP contribution in [0, 0.1) is 0 Å². The largest absolute Gasteiger partial charge is 0.383 e. The fourth-order valence-electron chi connectivity index (χ4n) is 1.62. The van der Waals surface area contributed by atoms with Crippen LogP contribution in [0.5, 0.6) is 0 Å². The van der Waals surface area contributed by atoms with Gasteiger partial charge in [-0.15, -0.1) is 5.10 Å². The average molecular weight is 342 g/mol. The van der Waals surface area contributed by atoms with E-state index in [4.69, 9.17) is 4.74 Å². The first-order valence-electron chi connectivity index (χ1n) is 6.21. The van der Waals surface area contributed by atoms with Crippen molar-refractivity contribution in [3.63, 3.8) is 0 Å². The van der Waals surface area contributed by atoms with Gasteiger partial charge in [-0.25, -0.2) is 4.52 Å². The molecule has 0 aliphatic rings. The van der Waals surface area contributed by atoms with Crippen LogP contribution in [0.1, 0.15) is 6.42 Å². The first-order chi connectivity index (χ1) is 9.70. The van der Waals surface area contributed by atoms with Crippen LogP contribution in [0.2, 0.25) is 0 Å². The standard InChI is InChI=1S/C12H16BrN5O2/c1-20-8-6-14-10(19)4-5-15-12-16-11-9(13)3-2-7-18(11)17-12/h2-3,7H,4-6,8H2,1H3,(H,14,19)(H,15,17). The molecule has 0 bridgehead atoms. The number of carbonyl (C=O) groups is 1. The molecule has 20 heavy (non-hydrogen) atoms. The smallest absolute Gasteiger partial charge is 0.243 e. The van der Waals surface area contributed by atoms with Crippen molar-refractivity contribution in [1.29, 1.82) is 0 Å². The zero-order valence-corrected chi connectivity index (χ0v) is 12.7. The number of pyridine rings is 1. The number of ether oxygens (including phenoxy) is 1. The van der Waals surface area contributed by atoms with Crippen LogP contribution in [0.4, 0.5) is 5.95 Å². The summed E-state index contributed by atoms with van der Waals surface area (Å²) in [5.41, 5.74) is 0.736. The Bertz CT molecular complexity index is 586. The Morgan fingerprint density at radius 1 is 1.50 bits per heavy atom. The zero-order valence-electron chi connectivity index (χ0n) is 11.1. The molecule has 0 spiro atoms. The first-order valence-corrected chi connectivity index (χ1v) is 7.00. The average Bonchev–Trinajstić information content (AvgIpc) is 2.83. The Kier molecular flexibility index (Phi) is 5.31. The van der Waals surface area contributed by atoms with Gasteiger partial charge in [-0.2, -0.15) is 4.98 Å². The van der Waals surface area contributed by atoms with E-state index in [-0.39, 0.29) is 5.91 Å². The lowest BCUT2D eigenvalue weighted by Crippen LogP contribution is -2.28. The SMILES string of the molecule is COCCNC(=O)CCNc1nc2c(Br)cccn2n1. The van der Waals surface area contributed by atoms with Gasteiger partial charge in [0, 0.05) is 32.8 Å². The molecule has 0 aromatic carbocycles. The Morgan fingerprint density at radius 2 is 2.35 bits per heavy atom. The van der Waals surface area contributed by atoms with Crippen molar-refractivity contribution < 1.29 is 9.53 Å². The van der Waals surface area contributed by atoms with Crippen LogP contribution < -0.4 is 10.6 Å². The highest BCUT2D eigenvalue weighted by atomic mass is 79.9. The monoisotopic (exact) mass is 341 g/mol. The van der Waals surface area contributed by atoms with Crippen molar-refractivity contribution in [2.75, 3.05) is 32.1 Å². The molecule has 0 saturated carbocycles. The molecule has 2 rings (SSSR count). The number of methoxy groups -OCH3 is 1. The maximum absolute atomic E-state index is 11.5. The fourth-order valence-corrected chi connectivity index (χ4v) is 2.04. The minimum Gasteiger partial charge on any atom is -0.383 e. The summed E-state index contributed by atoms with van der Waals surface area (Å²) in [6.07, 6.45) is 2.18. The minimum absolute atomic E-state index is 0.0282. The molecule has 108 valence electrons. The summed E-state index contributed by atoms with van der Waals surface area (Å²) in [6, 6.07) is 3.77. The predicted octanol–water partition coefficient (Wildman–Crippen LogP) is 1.06. The molecule has 0 atom stereocenters. The molecule has 2 aromatic heterocycles. The fraction of sp³-hybridized carbons (Fsp3) is 0.417. The number of halogens is 1. The van der Waals surface area contributed by atoms with Crippen LogP contribution in [0.25, 0.3) is 5.65 Å². The highest BCUT2D eigenvalue weighted by Crippen LogP contribution is 2.16. The van der Waals surface area contributed by atoms with E-state index in [9.17, 15) is 4.79 Å². The minimum atomic E-state index is -0.0282. The molecule has 8 heteroatoms. The number of aromatic nitrogens is 3. The van der Waals surface area contributed by atoms with Crippen LogP contribution in [0.15, 0.2) is 22.8 Å². The van der Waals surface area contributed by atoms with E-state index >= 15 is 0 Å². The molecule has 0 aliphatic heterocycles. The number of hydrogen-bond acceptors (Lipinski definition) is 5. The number of fused-ring (bicyclic) bond motifs is 1. The molecule has 0 aliphatic carbocycles. The Balaban J connectivity index is 1.81. The maximum atomic E-state index is 11.5. The second-order valence-corrected chi connectivity index (χ2v) is 4.93. The van der Waals surface area contributed by atoms with Gasteiger partial charge in [-0.3, -0.25) is 4.79 Å². The normalized spacial score (nSPS) is 10.7. The third-order valence-corrected chi connectivity index (χ3v) is 3.20. The lowest BCUT2D eigenvalue weighted by Gasteiger charge is -2.04. The van der Waals surface area contributed by atoms with Gasteiger partial charge < -0.3 is 15.4 Å². The van der Waals surface area contributed by atoms with Crippen LogP contribution in [-0.2, 0) is 9.53 Å². The van der Waals surface area contributed by atoms with Gasteiger partial charge in [-0.1, -0.05) is 0 Å². The highest BCUT2D eigenvalue weighted by Gasteiger charge is 2.06. The van der Waals surface area contributed by atoms with Crippen LogP contribution in [0.3, 0.4) is 0 Å². The summed E-state index contributed by atoms with van der Waals surface area (Å²) in [5, 5.41) is 10.0. The van der Waals surface area contributed by atoms with Crippen molar-refractivity contribution in [3.8, 4) is 0 Å². The molecule has 0 saturated heterocycles. The van der Waals surface area contributed by atoms with Crippen molar-refractivity contribution >= 4 is 33.4 Å². The summed E-state index contributed by atoms with van der Waals surface area (Å²) in [4.78, 5) is 15.8. The van der Waals surface area contributed by atoms with E-state index in [1.165, 1.54) is 0 Å². The van der Waals surface area contributed by atoms with Gasteiger partial charge in [-0.05, 0) is 28.1 Å². The molecule has 1 amide bonds. The topological polar surface area (TPSA) is 80.5 Å². The molecule has 0 radical (unpaired) electrons. The number of hydrogen-bond donors (Lipinski definition) is 2. The molecular formula is C12H16BrN5O2. The number of amides is 1. The summed E-state index contributed by atoms with van der Waals surface area (Å²) in [6.45, 7) is 1.52. The Hall–Kier alpha value is -1.67. The van der Waals surface area contributed by atoms with Gasteiger partial charge in [0.2, 0.25) is 11.9 Å². The number of nitrogens with one attached hydrogen (secondary N) is 2. The van der Waals surface area contributed by atoms with Gasteiger partial charge in [0.05, 0.1) is 11.1 Å². The number of carbonyl (C=O) groups excluding carboxylic acids is 1. The molecule has 2 aromatic rings. The Labute approximate surface area is 124 Å². The van der Waals surface area contributed by atoms with Crippen molar-refractivity contribution in [3.05, 3.63) is 22.8 Å². The van der Waals surface area contributed by atoms with E-state index < -0.39 is 0 Å². The maximum Gasteiger partial charge on any atom is 0.243 e. The molecule has 7 nitrogen and oxygen atoms in total. The zero-order chi connectivity index (χ0) is 14.4. The first kappa shape index (κ1) is 14.7. The summed E-state index contributed by atoms with van der Waals surface area (Å²) in [5.74, 6) is 0.473. The van der Waals surface area contributed by atoms with Crippen molar-refractivity contribution in [2.24, 2.45) is 0 Å². The quantitative estimate of drug-likeness (QED) is 0.736. The van der Waals surface area contributed by atoms with Gasteiger partial charge in [0.15, 0.2) is 5.65 Å². The molecule has 0 fully saturated rings. The van der Waals surface area contributed by atoms with Crippen molar-refractivity contribution in [1.82, 2.24) is 19.9 Å². The number of nitrogens with zero attached hydrogens (tertiary/aromatic N) is 3. The highest BCUT2D eigenvalue weighted by molar-refractivity contribution is 9.10. The Morgan fingerprint density at radius 3 is 3.10 bits per heavy atom. The van der Waals surface area contributed by atoms with Crippen molar-refractivity contribution in [2.45, 2.75) is 6.42 Å². The van der Waals surface area contributed by atoms with E-state index in [0.29, 0.717) is 32.1 Å².